The highest BCUT2D eigenvalue weighted by Gasteiger charge is 2.55. The number of aromatic amines is 1. The third kappa shape index (κ3) is 2.83. The van der Waals surface area contributed by atoms with E-state index in [1.165, 1.54) is 12.0 Å². The van der Waals surface area contributed by atoms with E-state index in [4.69, 9.17) is 4.74 Å². The second-order valence-corrected chi connectivity index (χ2v) is 7.36. The van der Waals surface area contributed by atoms with Crippen LogP contribution in [-0.4, -0.2) is 64.7 Å². The van der Waals surface area contributed by atoms with Gasteiger partial charge in [0.15, 0.2) is 5.78 Å². The van der Waals surface area contributed by atoms with Gasteiger partial charge in [0, 0.05) is 12.7 Å². The predicted octanol–water partition coefficient (Wildman–Crippen LogP) is 2.20. The number of aromatic nitrogens is 1. The number of nitrogens with zero attached hydrogens (tertiary/aromatic N) is 2. The highest BCUT2D eigenvalue weighted by atomic mass is 16.5. The molecule has 1 spiro atoms. The van der Waals surface area contributed by atoms with Gasteiger partial charge in [0.1, 0.15) is 5.54 Å². The lowest BCUT2D eigenvalue weighted by Crippen LogP contribution is -2.49. The molecule has 1 aliphatic heterocycles. The first-order chi connectivity index (χ1) is 12.7. The van der Waals surface area contributed by atoms with Crippen molar-refractivity contribution in [2.75, 3.05) is 20.7 Å². The van der Waals surface area contributed by atoms with Crippen molar-refractivity contribution >= 4 is 23.7 Å². The van der Waals surface area contributed by atoms with Gasteiger partial charge in [0.05, 0.1) is 24.9 Å². The van der Waals surface area contributed by atoms with Crippen molar-refractivity contribution < 1.29 is 23.9 Å². The molecule has 1 aromatic heterocycles. The topological polar surface area (TPSA) is 99.8 Å². The first kappa shape index (κ1) is 19.1. The molecule has 3 rings (SSSR count). The number of esters is 1. The molecule has 1 N–H and O–H groups in total. The maximum absolute atomic E-state index is 13.0. The van der Waals surface area contributed by atoms with Crippen LogP contribution in [0.1, 0.15) is 64.2 Å². The maximum Gasteiger partial charge on any atom is 0.339 e. The molecule has 3 amide bonds. The molecule has 1 saturated carbocycles. The number of imide groups is 1. The van der Waals surface area contributed by atoms with Gasteiger partial charge in [-0.15, -0.1) is 0 Å². The second-order valence-electron chi connectivity index (χ2n) is 7.36. The normalized spacial score (nSPS) is 19.1. The van der Waals surface area contributed by atoms with Gasteiger partial charge in [-0.3, -0.25) is 14.5 Å². The molecular weight excluding hydrogens is 350 g/mol. The first-order valence-electron chi connectivity index (χ1n) is 9.15. The molecule has 2 heterocycles. The Kier molecular flexibility index (Phi) is 4.84. The van der Waals surface area contributed by atoms with Crippen molar-refractivity contribution in [2.24, 2.45) is 0 Å². The van der Waals surface area contributed by atoms with Crippen molar-refractivity contribution in [3.63, 3.8) is 0 Å². The number of urea groups is 1. The molecule has 27 heavy (non-hydrogen) atoms. The number of nitrogens with one attached hydrogen (secondary N) is 1. The van der Waals surface area contributed by atoms with Gasteiger partial charge in [-0.05, 0) is 32.3 Å². The zero-order chi connectivity index (χ0) is 19.9. The monoisotopic (exact) mass is 375 g/mol. The number of ketones is 1. The van der Waals surface area contributed by atoms with Crippen LogP contribution in [0.4, 0.5) is 4.79 Å². The quantitative estimate of drug-likeness (QED) is 0.494. The summed E-state index contributed by atoms with van der Waals surface area (Å²) in [6, 6.07) is -0.440. The molecule has 0 unspecified atom stereocenters. The van der Waals surface area contributed by atoms with Gasteiger partial charge in [-0.1, -0.05) is 19.3 Å². The summed E-state index contributed by atoms with van der Waals surface area (Å²) < 4.78 is 4.75. The average molecular weight is 375 g/mol. The fraction of sp³-hybridized carbons (Fsp3) is 0.579. The van der Waals surface area contributed by atoms with E-state index in [0.29, 0.717) is 29.7 Å². The van der Waals surface area contributed by atoms with Crippen LogP contribution in [-0.2, 0) is 9.53 Å². The molecule has 8 nitrogen and oxygen atoms in total. The van der Waals surface area contributed by atoms with Crippen LogP contribution in [0.15, 0.2) is 0 Å². The number of carbonyl (C=O) groups is 4. The number of amides is 3. The fourth-order valence-electron chi connectivity index (χ4n) is 4.33. The molecule has 0 aromatic carbocycles. The minimum Gasteiger partial charge on any atom is -0.465 e. The van der Waals surface area contributed by atoms with Gasteiger partial charge >= 0.3 is 12.0 Å². The van der Waals surface area contributed by atoms with E-state index in [2.05, 4.69) is 4.98 Å². The zero-order valence-corrected chi connectivity index (χ0v) is 16.2. The zero-order valence-electron chi connectivity index (χ0n) is 16.2. The summed E-state index contributed by atoms with van der Waals surface area (Å²) in [6.45, 7) is 2.98. The molecule has 1 aliphatic carbocycles. The highest BCUT2D eigenvalue weighted by molar-refractivity contribution is 6.11. The van der Waals surface area contributed by atoms with Gasteiger partial charge in [0.2, 0.25) is 0 Å². The van der Waals surface area contributed by atoms with E-state index >= 15 is 0 Å². The number of likely N-dealkylation sites (N-methyl/N-ethyl adjacent to an activating group) is 1. The maximum atomic E-state index is 13.0. The van der Waals surface area contributed by atoms with E-state index < -0.39 is 23.3 Å². The summed E-state index contributed by atoms with van der Waals surface area (Å²) in [4.78, 5) is 55.8. The van der Waals surface area contributed by atoms with Gasteiger partial charge in [-0.25, -0.2) is 9.59 Å². The Morgan fingerprint density at radius 1 is 1.15 bits per heavy atom. The number of ether oxygens (including phenoxy) is 1. The van der Waals surface area contributed by atoms with Crippen LogP contribution in [0.5, 0.6) is 0 Å². The van der Waals surface area contributed by atoms with Crippen LogP contribution in [0.25, 0.3) is 0 Å². The fourth-order valence-corrected chi connectivity index (χ4v) is 4.33. The van der Waals surface area contributed by atoms with E-state index in [-0.39, 0.29) is 18.1 Å². The van der Waals surface area contributed by atoms with Crippen LogP contribution in [0, 0.1) is 13.8 Å². The van der Waals surface area contributed by atoms with Crippen molar-refractivity contribution in [1.82, 2.24) is 14.8 Å². The minimum atomic E-state index is -0.812. The lowest BCUT2D eigenvalue weighted by Gasteiger charge is -2.35. The Bertz CT molecular complexity index is 820. The molecule has 8 heteroatoms. The number of aryl methyl sites for hydroxylation is 1. The molecule has 0 atom stereocenters. The number of Topliss-reactive ketones (excluding diaryl/α,β-unsaturated/α-hetero) is 1. The third-order valence-electron chi connectivity index (χ3n) is 5.89. The average Bonchev–Trinajstić information content (AvgIpc) is 3.05. The van der Waals surface area contributed by atoms with Gasteiger partial charge < -0.3 is 14.6 Å². The SMILES string of the molecule is COC(=O)c1c(C)[nH]c(C(=O)CN2C(=O)N(C)C3(CCCCC3)C2=O)c1C. The summed E-state index contributed by atoms with van der Waals surface area (Å²) >= 11 is 0. The van der Waals surface area contributed by atoms with Gasteiger partial charge in [0.25, 0.3) is 5.91 Å². The third-order valence-corrected chi connectivity index (χ3v) is 5.89. The number of hydrogen-bond acceptors (Lipinski definition) is 5. The number of H-pyrrole nitrogens is 1. The first-order valence-corrected chi connectivity index (χ1v) is 9.15. The Labute approximate surface area is 157 Å². The minimum absolute atomic E-state index is 0.223. The standard InChI is InChI=1S/C19H25N3O5/c1-11-14(16(24)27-4)12(2)20-15(11)13(23)10-22-17(25)19(21(3)18(22)26)8-6-5-7-9-19/h20H,5-10H2,1-4H3. The number of methoxy groups -OCH3 is 1. The van der Waals surface area contributed by atoms with Crippen LogP contribution < -0.4 is 0 Å². The largest absolute Gasteiger partial charge is 0.465 e. The lowest BCUT2D eigenvalue weighted by atomic mass is 9.81. The van der Waals surface area contributed by atoms with Crippen LogP contribution >= 0.6 is 0 Å². The predicted molar refractivity (Wildman–Crippen MR) is 96.6 cm³/mol. The highest BCUT2D eigenvalue weighted by Crippen LogP contribution is 2.39. The van der Waals surface area contributed by atoms with E-state index in [9.17, 15) is 19.2 Å². The van der Waals surface area contributed by atoms with Gasteiger partial charge in [-0.2, -0.15) is 0 Å². The summed E-state index contributed by atoms with van der Waals surface area (Å²) in [5, 5.41) is 0. The van der Waals surface area contributed by atoms with Crippen molar-refractivity contribution in [3.05, 3.63) is 22.5 Å². The Morgan fingerprint density at radius 3 is 2.37 bits per heavy atom. The number of rotatable bonds is 4. The number of carbonyl (C=O) groups excluding carboxylic acids is 4. The van der Waals surface area contributed by atoms with E-state index in [1.54, 1.807) is 20.9 Å². The summed E-state index contributed by atoms with van der Waals surface area (Å²) in [6.07, 6.45) is 4.09. The van der Waals surface area contributed by atoms with Crippen LogP contribution in [0.3, 0.4) is 0 Å². The molecule has 0 bridgehead atoms. The molecule has 2 aliphatic rings. The lowest BCUT2D eigenvalue weighted by molar-refractivity contribution is -0.134. The molecular formula is C19H25N3O5. The summed E-state index contributed by atoms with van der Waals surface area (Å²) in [5.74, 6) is -1.24. The summed E-state index contributed by atoms with van der Waals surface area (Å²) in [7, 11) is 2.91. The molecule has 146 valence electrons. The molecule has 1 saturated heterocycles. The van der Waals surface area contributed by atoms with E-state index in [1.807, 2.05) is 0 Å². The molecule has 1 aromatic rings. The molecule has 0 radical (unpaired) electrons. The van der Waals surface area contributed by atoms with E-state index in [0.717, 1.165) is 24.2 Å². The van der Waals surface area contributed by atoms with Crippen molar-refractivity contribution in [3.8, 4) is 0 Å². The smallest absolute Gasteiger partial charge is 0.339 e. The number of hydrogen-bond donors (Lipinski definition) is 1. The summed E-state index contributed by atoms with van der Waals surface area (Å²) in [5.41, 5.74) is 0.696. The van der Waals surface area contributed by atoms with Crippen molar-refractivity contribution in [1.29, 1.82) is 0 Å². The van der Waals surface area contributed by atoms with Crippen molar-refractivity contribution in [2.45, 2.75) is 51.5 Å². The Morgan fingerprint density at radius 2 is 1.78 bits per heavy atom. The Hall–Kier alpha value is -2.64. The molecule has 2 fully saturated rings. The second kappa shape index (κ2) is 6.83. The Balaban J connectivity index is 1.85. The van der Waals surface area contributed by atoms with Crippen LogP contribution in [0.2, 0.25) is 0 Å².